The Morgan fingerprint density at radius 3 is 1.63 bits per heavy atom. The molecule has 1 heterocycles. The van der Waals surface area contributed by atoms with Crippen LogP contribution in [0.2, 0.25) is 0 Å². The molecule has 3 amide bonds. The van der Waals surface area contributed by atoms with Crippen LogP contribution in [0.5, 0.6) is 11.5 Å². The minimum Gasteiger partial charge on any atom is -0.457 e. The number of carbonyl (C=O) groups is 3. The molecule has 4 aromatic rings. The molecule has 4 aliphatic rings. The van der Waals surface area contributed by atoms with E-state index >= 15 is 0 Å². The number of ether oxygens (including phenoxy) is 1. The van der Waals surface area contributed by atoms with Gasteiger partial charge in [0, 0.05) is 17.5 Å². The Hall–Kier alpha value is -4.71. The lowest BCUT2D eigenvalue weighted by atomic mass is 9.55. The number of nitrogens with zero attached hydrogens (tertiary/aromatic N) is 1. The first-order valence-corrected chi connectivity index (χ1v) is 16.4. The number of benzene rings is 4. The van der Waals surface area contributed by atoms with Crippen LogP contribution >= 0.6 is 0 Å². The fourth-order valence-corrected chi connectivity index (χ4v) is 7.77. The Labute approximate surface area is 270 Å². The van der Waals surface area contributed by atoms with E-state index in [9.17, 15) is 14.4 Å². The van der Waals surface area contributed by atoms with Crippen molar-refractivity contribution in [1.82, 2.24) is 4.90 Å². The van der Waals surface area contributed by atoms with Gasteiger partial charge in [-0.1, -0.05) is 101 Å². The first kappa shape index (κ1) is 30.0. The normalized spacial score (nSPS) is 21.8. The first-order valence-electron chi connectivity index (χ1n) is 16.4. The second-order valence-electron chi connectivity index (χ2n) is 13.9. The molecule has 46 heavy (non-hydrogen) atoms. The number of nitrogens with one attached hydrogen (secondary N) is 1. The summed E-state index contributed by atoms with van der Waals surface area (Å²) in [5.41, 5.74) is 6.36. The van der Waals surface area contributed by atoms with Gasteiger partial charge in [-0.05, 0) is 76.1 Å². The lowest BCUT2D eigenvalue weighted by Gasteiger charge is -2.45. The van der Waals surface area contributed by atoms with Gasteiger partial charge in [-0.15, -0.1) is 0 Å². The van der Waals surface area contributed by atoms with Crippen LogP contribution in [0, 0.1) is 11.8 Å². The lowest BCUT2D eigenvalue weighted by molar-refractivity contribution is -0.147. The van der Waals surface area contributed by atoms with E-state index in [-0.39, 0.29) is 35.0 Å². The molecule has 1 aliphatic heterocycles. The highest BCUT2D eigenvalue weighted by Crippen LogP contribution is 2.61. The van der Waals surface area contributed by atoms with Crippen LogP contribution in [-0.2, 0) is 19.8 Å². The molecule has 0 radical (unpaired) electrons. The molecule has 1 fully saturated rings. The third-order valence-corrected chi connectivity index (χ3v) is 10.0. The van der Waals surface area contributed by atoms with Crippen LogP contribution in [0.3, 0.4) is 0 Å². The van der Waals surface area contributed by atoms with Crippen LogP contribution < -0.4 is 10.1 Å². The fourth-order valence-electron chi connectivity index (χ4n) is 7.77. The van der Waals surface area contributed by atoms with Crippen LogP contribution in [0.25, 0.3) is 0 Å². The quantitative estimate of drug-likeness (QED) is 0.204. The van der Waals surface area contributed by atoms with Crippen molar-refractivity contribution in [3.63, 3.8) is 0 Å². The SMILES string of the molecule is CCCCC(C(=O)Nc1ccc(Oc2ccc(C(C)(C)C)cc2)cc1)N1C(=O)C2C3c4ccccc4C(c4ccccc43)C2C1=O. The second kappa shape index (κ2) is 11.6. The number of anilines is 1. The molecule has 0 spiro atoms. The maximum absolute atomic E-state index is 14.3. The van der Waals surface area contributed by atoms with Crippen molar-refractivity contribution in [3.8, 4) is 11.5 Å². The van der Waals surface area contributed by atoms with Crippen molar-refractivity contribution in [2.45, 2.75) is 70.3 Å². The predicted molar refractivity (Wildman–Crippen MR) is 179 cm³/mol. The molecule has 8 rings (SSSR count). The van der Waals surface area contributed by atoms with Crippen molar-refractivity contribution >= 4 is 23.4 Å². The fraction of sp³-hybridized carbons (Fsp3) is 0.325. The summed E-state index contributed by atoms with van der Waals surface area (Å²) in [5, 5.41) is 3.00. The molecule has 3 aliphatic carbocycles. The van der Waals surface area contributed by atoms with E-state index in [1.165, 1.54) is 10.5 Å². The number of imide groups is 1. The van der Waals surface area contributed by atoms with Crippen LogP contribution in [0.4, 0.5) is 5.69 Å². The number of amides is 3. The van der Waals surface area contributed by atoms with Gasteiger partial charge >= 0.3 is 0 Å². The van der Waals surface area contributed by atoms with Crippen molar-refractivity contribution in [1.29, 1.82) is 0 Å². The van der Waals surface area contributed by atoms with Gasteiger partial charge in [0.1, 0.15) is 17.5 Å². The molecule has 6 heteroatoms. The Kier molecular flexibility index (Phi) is 7.54. The van der Waals surface area contributed by atoms with E-state index in [4.69, 9.17) is 4.74 Å². The summed E-state index contributed by atoms with van der Waals surface area (Å²) >= 11 is 0. The summed E-state index contributed by atoms with van der Waals surface area (Å²) < 4.78 is 6.04. The molecule has 3 unspecified atom stereocenters. The van der Waals surface area contributed by atoms with E-state index in [0.29, 0.717) is 17.9 Å². The molecule has 0 aromatic heterocycles. The summed E-state index contributed by atoms with van der Waals surface area (Å²) in [6.45, 7) is 8.57. The zero-order valence-electron chi connectivity index (χ0n) is 26.8. The van der Waals surface area contributed by atoms with Gasteiger partial charge in [-0.2, -0.15) is 0 Å². The van der Waals surface area contributed by atoms with Gasteiger partial charge in [-0.3, -0.25) is 19.3 Å². The number of hydrogen-bond donors (Lipinski definition) is 1. The Morgan fingerprint density at radius 1 is 0.739 bits per heavy atom. The second-order valence-corrected chi connectivity index (χ2v) is 13.9. The van der Waals surface area contributed by atoms with Gasteiger partial charge in [0.25, 0.3) is 0 Å². The van der Waals surface area contributed by atoms with Crippen molar-refractivity contribution < 1.29 is 19.1 Å². The summed E-state index contributed by atoms with van der Waals surface area (Å²) in [4.78, 5) is 43.9. The monoisotopic (exact) mass is 612 g/mol. The Balaban J connectivity index is 1.12. The van der Waals surface area contributed by atoms with Gasteiger partial charge in [0.05, 0.1) is 11.8 Å². The molecule has 1 N–H and O–H groups in total. The van der Waals surface area contributed by atoms with Crippen LogP contribution in [-0.4, -0.2) is 28.7 Å². The topological polar surface area (TPSA) is 75.7 Å². The summed E-state index contributed by atoms with van der Waals surface area (Å²) in [6, 6.07) is 30.8. The molecule has 4 aromatic carbocycles. The Morgan fingerprint density at radius 2 is 1.20 bits per heavy atom. The highest BCUT2D eigenvalue weighted by Gasteiger charge is 2.62. The Bertz CT molecular complexity index is 1690. The van der Waals surface area contributed by atoms with Crippen molar-refractivity contribution in [2.24, 2.45) is 11.8 Å². The number of rotatable bonds is 8. The zero-order chi connectivity index (χ0) is 32.2. The van der Waals surface area contributed by atoms with Gasteiger partial charge in [-0.25, -0.2) is 0 Å². The maximum atomic E-state index is 14.3. The number of hydrogen-bond acceptors (Lipinski definition) is 4. The number of likely N-dealkylation sites (tertiary alicyclic amines) is 1. The predicted octanol–water partition coefficient (Wildman–Crippen LogP) is 8.17. The number of unbranched alkanes of at least 4 members (excludes halogenated alkanes) is 1. The lowest BCUT2D eigenvalue weighted by Crippen LogP contribution is -2.48. The third-order valence-electron chi connectivity index (χ3n) is 10.0. The van der Waals surface area contributed by atoms with E-state index in [1.807, 2.05) is 43.3 Å². The minimum absolute atomic E-state index is 0.0608. The van der Waals surface area contributed by atoms with E-state index in [0.717, 1.165) is 40.8 Å². The van der Waals surface area contributed by atoms with Gasteiger partial charge in [0.15, 0.2) is 0 Å². The third kappa shape index (κ3) is 5.00. The molecule has 2 bridgehead atoms. The van der Waals surface area contributed by atoms with Crippen molar-refractivity contribution in [3.05, 3.63) is 125 Å². The summed E-state index contributed by atoms with van der Waals surface area (Å²) in [5.74, 6) is -0.837. The van der Waals surface area contributed by atoms with E-state index in [2.05, 4.69) is 62.5 Å². The van der Waals surface area contributed by atoms with Gasteiger partial charge < -0.3 is 10.1 Å². The number of carbonyl (C=O) groups excluding carboxylic acids is 3. The maximum Gasteiger partial charge on any atom is 0.247 e. The molecule has 0 saturated carbocycles. The first-order chi connectivity index (χ1) is 22.2. The highest BCUT2D eigenvalue weighted by molar-refractivity contribution is 6.11. The standard InChI is InChI=1S/C40H40N2O4/c1-5-6-15-32(37(43)41-25-18-22-27(23-19-25)46-26-20-16-24(17-21-26)40(2,3)4)42-38(44)35-33-28-11-7-8-12-29(28)34(36(35)39(42)45)31-14-10-9-13-30(31)33/h7-14,16-23,32-36H,5-6,15H2,1-4H3,(H,41,43). The minimum atomic E-state index is -0.881. The van der Waals surface area contributed by atoms with Crippen LogP contribution in [0.15, 0.2) is 97.1 Å². The van der Waals surface area contributed by atoms with E-state index < -0.39 is 17.9 Å². The molecule has 6 nitrogen and oxygen atoms in total. The molecular weight excluding hydrogens is 572 g/mol. The average Bonchev–Trinajstić information content (AvgIpc) is 3.32. The summed E-state index contributed by atoms with van der Waals surface area (Å²) in [6.07, 6.45) is 1.98. The van der Waals surface area contributed by atoms with Crippen molar-refractivity contribution in [2.75, 3.05) is 5.32 Å². The van der Waals surface area contributed by atoms with E-state index in [1.54, 1.807) is 24.3 Å². The molecule has 1 saturated heterocycles. The van der Waals surface area contributed by atoms with Crippen LogP contribution in [0.1, 0.15) is 86.6 Å². The zero-order valence-corrected chi connectivity index (χ0v) is 26.8. The molecular formula is C40H40N2O4. The van der Waals surface area contributed by atoms with Gasteiger partial charge in [0.2, 0.25) is 17.7 Å². The smallest absolute Gasteiger partial charge is 0.247 e. The average molecular weight is 613 g/mol. The highest BCUT2D eigenvalue weighted by atomic mass is 16.5. The summed E-state index contributed by atoms with van der Waals surface area (Å²) in [7, 11) is 0. The molecule has 3 atom stereocenters. The largest absolute Gasteiger partial charge is 0.457 e. The molecule has 234 valence electrons.